The fourth-order valence-electron chi connectivity index (χ4n) is 7.00. The van der Waals surface area contributed by atoms with Crippen molar-refractivity contribution in [3.8, 4) is 0 Å². The van der Waals surface area contributed by atoms with Gasteiger partial charge in [0.25, 0.3) is 0 Å². The summed E-state index contributed by atoms with van der Waals surface area (Å²) >= 11 is 0. The van der Waals surface area contributed by atoms with E-state index in [1.54, 1.807) is 34.6 Å². The van der Waals surface area contributed by atoms with Gasteiger partial charge in [0.05, 0.1) is 35.9 Å². The zero-order valence-electron chi connectivity index (χ0n) is 17.7. The van der Waals surface area contributed by atoms with E-state index in [1.165, 1.54) is 0 Å². The number of aliphatic hydroxyl groups is 5. The van der Waals surface area contributed by atoms with Gasteiger partial charge in [-0.3, -0.25) is 4.79 Å². The summed E-state index contributed by atoms with van der Waals surface area (Å²) in [6.07, 6.45) is -4.20. The summed E-state index contributed by atoms with van der Waals surface area (Å²) in [5, 5.41) is 56.1. The molecule has 2 saturated carbocycles. The van der Waals surface area contributed by atoms with Gasteiger partial charge in [0.15, 0.2) is 5.78 Å². The number of aliphatic hydroxyl groups excluding tert-OH is 3. The minimum absolute atomic E-state index is 0. The number of fused-ring (bicyclic) bond motifs is 5. The first-order valence-corrected chi connectivity index (χ1v) is 10.1. The smallest absolute Gasteiger partial charge is 0.174 e. The monoisotopic (exact) mass is 623 g/mol. The Morgan fingerprint density at radius 3 is 2.21 bits per heavy atom. The summed E-state index contributed by atoms with van der Waals surface area (Å²) in [7, 11) is 0. The molecule has 9 atom stereocenters. The number of ketones is 1. The molecule has 7 nitrogen and oxygen atoms in total. The van der Waals surface area contributed by atoms with E-state index in [1.807, 2.05) is 0 Å². The van der Waals surface area contributed by atoms with Crippen molar-refractivity contribution in [2.45, 2.75) is 83.1 Å². The average Bonchev–Trinajstić information content (AvgIpc) is 2.60. The van der Waals surface area contributed by atoms with Crippen LogP contribution >= 0.6 is 0 Å². The van der Waals surface area contributed by atoms with E-state index in [2.05, 4.69) is 0 Å². The largest absolute Gasteiger partial charge is 0.392 e. The first kappa shape index (κ1) is 24.3. The molecule has 161 valence electrons. The maximum atomic E-state index is 13.6. The molecular formula is C21H32AcO7. The molecule has 5 N–H and O–H groups in total. The number of hydrogen-bond donors (Lipinski definition) is 5. The molecule has 0 amide bonds. The van der Waals surface area contributed by atoms with Crippen molar-refractivity contribution in [3.63, 3.8) is 0 Å². The Kier molecular flexibility index (Phi) is 5.90. The fraction of sp³-hybridized carbons (Fsp3) is 0.857. The van der Waals surface area contributed by atoms with Crippen molar-refractivity contribution in [2.24, 2.45) is 22.7 Å². The normalized spacial score (nSPS) is 53.7. The fourth-order valence-corrected chi connectivity index (χ4v) is 7.00. The standard InChI is InChI=1S/C21H32O7.Ac/c1-9-11(22)7-21(27)10(2)16-19(5,12(23)6-13-20(16,26)8-28-13)17(25)15(24)14(9)18(21,3)4;/h10-13,15-16,22-24,26-27H,6-8H2,1-5H3;/t10-,11?,12?,13?,15?,16?,19+,20-,21?;/m0./s1. The third kappa shape index (κ3) is 2.70. The molecule has 4 rings (SSSR count). The van der Waals surface area contributed by atoms with Crippen molar-refractivity contribution < 1.29 is 79.1 Å². The maximum absolute atomic E-state index is 13.6. The van der Waals surface area contributed by atoms with Crippen LogP contribution in [0.5, 0.6) is 0 Å². The molecule has 2 bridgehead atoms. The Bertz CT molecular complexity index is 766. The van der Waals surface area contributed by atoms with Crippen molar-refractivity contribution in [1.82, 2.24) is 0 Å². The molecular weight excluding hydrogens is 591 g/mol. The second-order valence-corrected chi connectivity index (χ2v) is 10.2. The molecule has 1 heterocycles. The van der Waals surface area contributed by atoms with Crippen molar-refractivity contribution in [3.05, 3.63) is 11.1 Å². The van der Waals surface area contributed by atoms with Crippen LogP contribution in [0, 0.1) is 66.7 Å². The predicted octanol–water partition coefficient (Wildman–Crippen LogP) is -0.0785. The third-order valence-corrected chi connectivity index (χ3v) is 8.88. The van der Waals surface area contributed by atoms with Crippen molar-refractivity contribution >= 4 is 5.78 Å². The molecule has 8 heteroatoms. The summed E-state index contributed by atoms with van der Waals surface area (Å²) < 4.78 is 5.49. The second-order valence-electron chi connectivity index (χ2n) is 10.2. The predicted molar refractivity (Wildman–Crippen MR) is 99.1 cm³/mol. The van der Waals surface area contributed by atoms with Crippen LogP contribution < -0.4 is 0 Å². The zero-order valence-corrected chi connectivity index (χ0v) is 22.5. The van der Waals surface area contributed by atoms with E-state index < -0.39 is 64.1 Å². The van der Waals surface area contributed by atoms with Gasteiger partial charge in [-0.2, -0.15) is 0 Å². The van der Waals surface area contributed by atoms with Crippen LogP contribution in [0.4, 0.5) is 0 Å². The minimum Gasteiger partial charge on any atom is -0.392 e. The number of Topliss-reactive ketones (excluding diaryl/α,β-unsaturated/α-hetero) is 1. The van der Waals surface area contributed by atoms with Crippen LogP contribution in [0.25, 0.3) is 0 Å². The molecule has 29 heavy (non-hydrogen) atoms. The molecule has 0 spiro atoms. The Labute approximate surface area is 207 Å². The average molecular weight is 623 g/mol. The molecule has 4 aliphatic rings. The first-order chi connectivity index (χ1) is 12.7. The number of ether oxygens (including phenoxy) is 1. The summed E-state index contributed by atoms with van der Waals surface area (Å²) in [4.78, 5) is 13.6. The Morgan fingerprint density at radius 2 is 1.69 bits per heavy atom. The van der Waals surface area contributed by atoms with Gasteiger partial charge in [-0.25, -0.2) is 0 Å². The van der Waals surface area contributed by atoms with E-state index in [9.17, 15) is 30.3 Å². The van der Waals surface area contributed by atoms with Gasteiger partial charge >= 0.3 is 0 Å². The maximum Gasteiger partial charge on any atom is 0.174 e. The molecule has 0 aromatic carbocycles. The quantitative estimate of drug-likeness (QED) is 0.239. The summed E-state index contributed by atoms with van der Waals surface area (Å²) in [5.74, 6) is -2.05. The van der Waals surface area contributed by atoms with Gasteiger partial charge in [-0.15, -0.1) is 0 Å². The number of rotatable bonds is 0. The molecule has 3 aliphatic carbocycles. The SMILES string of the molecule is CC1=C2C(O)C(=O)[C@]3(C)C(O)CC4OC[C@@]4(O)C3[C@H](C)C(O)(CC1O)C2(C)C.[Ac]. The molecule has 0 aromatic heterocycles. The van der Waals surface area contributed by atoms with Crippen molar-refractivity contribution in [1.29, 1.82) is 0 Å². The summed E-state index contributed by atoms with van der Waals surface area (Å²) in [5.41, 5.74) is -4.54. The zero-order chi connectivity index (χ0) is 21.0. The molecule has 1 saturated heterocycles. The van der Waals surface area contributed by atoms with Gasteiger partial charge in [-0.05, 0) is 30.9 Å². The van der Waals surface area contributed by atoms with Crippen LogP contribution in [-0.2, 0) is 9.53 Å². The minimum atomic E-state index is -1.58. The second kappa shape index (κ2) is 7.05. The Balaban J connectivity index is 0.00000240. The molecule has 0 aromatic rings. The van der Waals surface area contributed by atoms with E-state index in [0.29, 0.717) is 11.1 Å². The van der Waals surface area contributed by atoms with Gasteiger partial charge in [0, 0.05) is 68.2 Å². The molecule has 1 radical (unpaired) electrons. The van der Waals surface area contributed by atoms with Crippen LogP contribution in [0.1, 0.15) is 47.5 Å². The molecule has 3 fully saturated rings. The first-order valence-electron chi connectivity index (χ1n) is 10.1. The van der Waals surface area contributed by atoms with Gasteiger partial charge < -0.3 is 30.3 Å². The van der Waals surface area contributed by atoms with Crippen LogP contribution in [0.3, 0.4) is 0 Å². The molecule has 6 unspecified atom stereocenters. The van der Waals surface area contributed by atoms with Gasteiger partial charge in [0.1, 0.15) is 11.7 Å². The van der Waals surface area contributed by atoms with Gasteiger partial charge in [0.2, 0.25) is 0 Å². The van der Waals surface area contributed by atoms with Crippen molar-refractivity contribution in [2.75, 3.05) is 6.61 Å². The number of hydrogen-bond acceptors (Lipinski definition) is 7. The van der Waals surface area contributed by atoms with Crippen LogP contribution in [0.15, 0.2) is 11.1 Å². The Morgan fingerprint density at radius 1 is 1.10 bits per heavy atom. The summed E-state index contributed by atoms with van der Waals surface area (Å²) in [6, 6.07) is 0. The van der Waals surface area contributed by atoms with E-state index in [-0.39, 0.29) is 63.5 Å². The topological polar surface area (TPSA) is 127 Å². The Hall–Kier alpha value is 0.612. The van der Waals surface area contributed by atoms with E-state index >= 15 is 0 Å². The van der Waals surface area contributed by atoms with E-state index in [0.717, 1.165) is 0 Å². The third-order valence-electron chi connectivity index (χ3n) is 8.88. The molecule has 1 aliphatic heterocycles. The van der Waals surface area contributed by atoms with Gasteiger partial charge in [-0.1, -0.05) is 20.8 Å². The summed E-state index contributed by atoms with van der Waals surface area (Å²) in [6.45, 7) is 8.58. The van der Waals surface area contributed by atoms with E-state index in [4.69, 9.17) is 4.74 Å². The van der Waals surface area contributed by atoms with Crippen LogP contribution in [-0.4, -0.2) is 73.5 Å². The number of carbonyl (C=O) groups excluding carboxylic acids is 1. The number of carbonyl (C=O) groups is 1. The van der Waals surface area contributed by atoms with Crippen LogP contribution in [0.2, 0.25) is 0 Å².